The number of carbonyl (C=O) groups is 2. The number of benzene rings is 1. The van der Waals surface area contributed by atoms with Crippen LogP contribution in [0.5, 0.6) is 0 Å². The molecule has 38 heavy (non-hydrogen) atoms. The highest BCUT2D eigenvalue weighted by atomic mass is 35.5. The number of hydrogen-bond acceptors (Lipinski definition) is 6. The Morgan fingerprint density at radius 1 is 1.32 bits per heavy atom. The number of aryl methyl sites for hydroxylation is 1. The molecule has 0 radical (unpaired) electrons. The van der Waals surface area contributed by atoms with E-state index in [0.717, 1.165) is 30.8 Å². The highest BCUT2D eigenvalue weighted by molar-refractivity contribution is 6.33. The smallest absolute Gasteiger partial charge is 0.312 e. The second-order valence-electron chi connectivity index (χ2n) is 10.8. The van der Waals surface area contributed by atoms with E-state index in [1.807, 2.05) is 19.1 Å². The van der Waals surface area contributed by atoms with Crippen LogP contribution in [0, 0.1) is 24.2 Å². The number of nitrogens with zero attached hydrogens (tertiary/aromatic N) is 2. The highest BCUT2D eigenvalue weighted by Gasteiger charge is 2.48. The maximum atomic E-state index is 14.7. The zero-order valence-electron chi connectivity index (χ0n) is 22.3. The van der Waals surface area contributed by atoms with Crippen molar-refractivity contribution >= 4 is 35.2 Å². The fraction of sp³-hybridized carbons (Fsp3) is 0.500. The van der Waals surface area contributed by atoms with Gasteiger partial charge in [0.05, 0.1) is 10.7 Å². The van der Waals surface area contributed by atoms with Gasteiger partial charge < -0.3 is 19.5 Å². The van der Waals surface area contributed by atoms with Crippen LogP contribution >= 0.6 is 11.6 Å². The van der Waals surface area contributed by atoms with Crippen molar-refractivity contribution < 1.29 is 27.7 Å². The number of alkyl halides is 2. The number of oxime groups is 1. The van der Waals surface area contributed by atoms with Gasteiger partial charge in [0.25, 0.3) is 0 Å². The predicted molar refractivity (Wildman–Crippen MR) is 142 cm³/mol. The molecule has 0 saturated heterocycles. The molecular weight excluding hydrogens is 516 g/mol. The summed E-state index contributed by atoms with van der Waals surface area (Å²) in [7, 11) is 0. The first-order chi connectivity index (χ1) is 17.8. The summed E-state index contributed by atoms with van der Waals surface area (Å²) >= 11 is 6.26. The zero-order chi connectivity index (χ0) is 28.1. The van der Waals surface area contributed by atoms with E-state index in [9.17, 15) is 18.4 Å². The van der Waals surface area contributed by atoms with Gasteiger partial charge in [0.15, 0.2) is 0 Å². The van der Waals surface area contributed by atoms with Crippen LogP contribution < -0.4 is 5.32 Å². The molecule has 1 N–H and O–H groups in total. The molecule has 0 unspecified atom stereocenters. The van der Waals surface area contributed by atoms with Gasteiger partial charge in [0.1, 0.15) is 23.5 Å². The average Bonchev–Trinajstić information content (AvgIpc) is 3.51. The number of nitrogens with one attached hydrogen (secondary N) is 1. The van der Waals surface area contributed by atoms with Gasteiger partial charge in [0.2, 0.25) is 11.7 Å². The lowest BCUT2D eigenvalue weighted by molar-refractivity contribution is -0.122. The maximum absolute atomic E-state index is 14.7. The number of anilines is 1. The average molecular weight is 550 g/mol. The Labute approximate surface area is 226 Å². The monoisotopic (exact) mass is 549 g/mol. The minimum Gasteiger partial charge on any atom is -0.361 e. The van der Waals surface area contributed by atoms with Gasteiger partial charge in [-0.1, -0.05) is 48.8 Å². The number of halogens is 3. The normalized spacial score (nSPS) is 15.8. The van der Waals surface area contributed by atoms with Crippen LogP contribution in [-0.2, 0) is 20.3 Å². The molecule has 1 heterocycles. The largest absolute Gasteiger partial charge is 0.361 e. The first-order valence-electron chi connectivity index (χ1n) is 12.6. The Hall–Kier alpha value is -3.07. The predicted octanol–water partition coefficient (Wildman–Crippen LogP) is 7.43. The van der Waals surface area contributed by atoms with Crippen LogP contribution in [0.3, 0.4) is 0 Å². The number of amides is 1. The molecule has 7 nitrogen and oxygen atoms in total. The van der Waals surface area contributed by atoms with Crippen molar-refractivity contribution in [3.05, 3.63) is 58.1 Å². The Morgan fingerprint density at radius 2 is 2.03 bits per heavy atom. The van der Waals surface area contributed by atoms with Crippen LogP contribution in [0.4, 0.5) is 14.5 Å². The molecule has 0 aliphatic heterocycles. The molecule has 0 spiro atoms. The molecule has 206 valence electrons. The number of aromatic nitrogens is 1. The molecule has 1 atom stereocenters. The molecule has 1 aliphatic rings. The van der Waals surface area contributed by atoms with Crippen molar-refractivity contribution in [2.45, 2.75) is 72.6 Å². The van der Waals surface area contributed by atoms with Gasteiger partial charge in [-0.3, -0.25) is 4.79 Å². The van der Waals surface area contributed by atoms with E-state index in [4.69, 9.17) is 21.0 Å². The van der Waals surface area contributed by atoms with Crippen LogP contribution in [0.2, 0.25) is 5.02 Å². The van der Waals surface area contributed by atoms with Gasteiger partial charge in [-0.05, 0) is 62.8 Å². The minimum atomic E-state index is -3.23. The third-order valence-corrected chi connectivity index (χ3v) is 6.62. The summed E-state index contributed by atoms with van der Waals surface area (Å²) in [5.41, 5.74) is 0.449. The zero-order valence-corrected chi connectivity index (χ0v) is 23.1. The van der Waals surface area contributed by atoms with Crippen LogP contribution in [0.1, 0.15) is 76.8 Å². The Morgan fingerprint density at radius 3 is 2.63 bits per heavy atom. The van der Waals surface area contributed by atoms with Crippen molar-refractivity contribution in [1.29, 1.82) is 0 Å². The van der Waals surface area contributed by atoms with Crippen LogP contribution in [0.25, 0.3) is 0 Å². The summed E-state index contributed by atoms with van der Waals surface area (Å²) in [4.78, 5) is 29.8. The quantitative estimate of drug-likeness (QED) is 0.128. The van der Waals surface area contributed by atoms with Crippen molar-refractivity contribution in [2.24, 2.45) is 22.4 Å². The lowest BCUT2D eigenvalue weighted by Gasteiger charge is -2.27. The topological polar surface area (TPSA) is 93.8 Å². The minimum absolute atomic E-state index is 0.0388. The molecule has 1 aromatic heterocycles. The number of rotatable bonds is 12. The summed E-state index contributed by atoms with van der Waals surface area (Å²) in [5, 5.41) is 11.1. The number of aldehydes is 1. The number of allylic oxidation sites excluding steroid dienone is 2. The molecule has 1 aliphatic carbocycles. The second-order valence-corrected chi connectivity index (χ2v) is 11.2. The number of carbonyl (C=O) groups excluding carboxylic acids is 2. The SMILES string of the molecule is C/C(=N\O/C(=C/C1CC1)[C@@H](CCC=O)CC(=O)Nc1ccc(C)cc1Cl)c1cc(C(F)(F)C(C)(C)C)on1. The van der Waals surface area contributed by atoms with Gasteiger partial charge in [-0.2, -0.15) is 8.78 Å². The van der Waals surface area contributed by atoms with Crippen molar-refractivity contribution in [2.75, 3.05) is 5.32 Å². The summed E-state index contributed by atoms with van der Waals surface area (Å²) in [5.74, 6) is -3.77. The third kappa shape index (κ3) is 7.72. The van der Waals surface area contributed by atoms with Crippen molar-refractivity contribution in [1.82, 2.24) is 5.16 Å². The fourth-order valence-electron chi connectivity index (χ4n) is 3.63. The molecule has 10 heteroatoms. The first kappa shape index (κ1) is 29.5. The summed E-state index contributed by atoms with van der Waals surface area (Å²) in [6, 6.07) is 6.49. The van der Waals surface area contributed by atoms with Crippen molar-refractivity contribution in [3.8, 4) is 0 Å². The summed E-state index contributed by atoms with van der Waals surface area (Å²) in [6.07, 6.45) is 5.31. The molecule has 3 rings (SSSR count). The Bertz CT molecular complexity index is 1210. The van der Waals surface area contributed by atoms with E-state index in [2.05, 4.69) is 15.6 Å². The van der Waals surface area contributed by atoms with E-state index in [1.54, 1.807) is 19.1 Å². The lowest BCUT2D eigenvalue weighted by Crippen LogP contribution is -2.30. The van der Waals surface area contributed by atoms with Crippen LogP contribution in [-0.4, -0.2) is 23.1 Å². The molecule has 1 aromatic carbocycles. The number of hydrogen-bond donors (Lipinski definition) is 1. The summed E-state index contributed by atoms with van der Waals surface area (Å²) in [6.45, 7) is 7.71. The molecule has 0 bridgehead atoms. The van der Waals surface area contributed by atoms with Gasteiger partial charge in [-0.15, -0.1) is 0 Å². The lowest BCUT2D eigenvalue weighted by atomic mass is 9.86. The van der Waals surface area contributed by atoms with Crippen molar-refractivity contribution in [3.63, 3.8) is 0 Å². The highest BCUT2D eigenvalue weighted by Crippen LogP contribution is 2.44. The standard InChI is InChI=1S/C28H34ClF2N3O4/c1-17-8-11-22(21(29)13-17)32-26(36)15-20(7-6-12-35)24(14-19-9-10-19)37-33-18(2)23-16-25(38-34-23)28(30,31)27(3,4)5/h8,11-14,16,19-20H,6-7,9-10,15H2,1-5H3,(H,32,36)/b24-14+,33-18+/t20-/m0/s1. The first-order valence-corrected chi connectivity index (χ1v) is 13.0. The molecule has 2 aromatic rings. The van der Waals surface area contributed by atoms with Crippen LogP contribution in [0.15, 0.2) is 45.8 Å². The van der Waals surface area contributed by atoms with E-state index in [-0.39, 0.29) is 36.1 Å². The molecular formula is C28H34ClF2N3O4. The fourth-order valence-corrected chi connectivity index (χ4v) is 3.91. The molecule has 1 fully saturated rings. The van der Waals surface area contributed by atoms with Gasteiger partial charge in [0, 0.05) is 30.2 Å². The van der Waals surface area contributed by atoms with E-state index in [1.165, 1.54) is 20.8 Å². The maximum Gasteiger partial charge on any atom is 0.312 e. The molecule has 1 saturated carbocycles. The molecule has 1 amide bonds. The van der Waals surface area contributed by atoms with Gasteiger partial charge in [-0.25, -0.2) is 0 Å². The van der Waals surface area contributed by atoms with E-state index < -0.39 is 23.0 Å². The second kappa shape index (κ2) is 12.2. The van der Waals surface area contributed by atoms with E-state index >= 15 is 0 Å². The Balaban J connectivity index is 1.78. The van der Waals surface area contributed by atoms with E-state index in [0.29, 0.717) is 22.9 Å². The Kier molecular flexibility index (Phi) is 9.46. The van der Waals surface area contributed by atoms with Gasteiger partial charge >= 0.3 is 5.92 Å². The summed E-state index contributed by atoms with van der Waals surface area (Å²) < 4.78 is 34.3. The third-order valence-electron chi connectivity index (χ3n) is 6.31.